The number of aliphatic carboxylic acids is 1. The summed E-state index contributed by atoms with van der Waals surface area (Å²) < 4.78 is 1.80. The molecular formula is C11H14ClN3O2S. The Balaban J connectivity index is 2.51. The van der Waals surface area contributed by atoms with E-state index in [-0.39, 0.29) is 5.15 Å². The first kappa shape index (κ1) is 13.3. The van der Waals surface area contributed by atoms with E-state index < -0.39 is 12.0 Å². The smallest absolute Gasteiger partial charge is 0.327 e. The quantitative estimate of drug-likeness (QED) is 0.887. The fraction of sp³-hybridized carbons (Fsp3) is 0.455. The Morgan fingerprint density at radius 2 is 2.44 bits per heavy atom. The van der Waals surface area contributed by atoms with Crippen LogP contribution in [0.2, 0.25) is 5.15 Å². The maximum atomic E-state index is 11.4. The molecule has 2 aromatic heterocycles. The molecule has 2 heterocycles. The average Bonchev–Trinajstić information content (AvgIpc) is 2.81. The number of imidazole rings is 1. The molecule has 2 aromatic rings. The lowest BCUT2D eigenvalue weighted by molar-refractivity contribution is -0.139. The van der Waals surface area contributed by atoms with Crippen molar-refractivity contribution in [3.8, 4) is 0 Å². The van der Waals surface area contributed by atoms with Crippen LogP contribution >= 0.6 is 22.9 Å². The first-order valence-electron chi connectivity index (χ1n) is 5.64. The Kier molecular flexibility index (Phi) is 3.89. The normalized spacial score (nSPS) is 13.1. The van der Waals surface area contributed by atoms with Crippen molar-refractivity contribution in [2.24, 2.45) is 0 Å². The molecule has 0 saturated heterocycles. The Labute approximate surface area is 113 Å². The highest BCUT2D eigenvalue weighted by Crippen LogP contribution is 2.28. The van der Waals surface area contributed by atoms with Crippen LogP contribution in [-0.4, -0.2) is 27.0 Å². The number of thiazole rings is 1. The molecule has 2 N–H and O–H groups in total. The van der Waals surface area contributed by atoms with Gasteiger partial charge < -0.3 is 5.11 Å². The number of halogens is 1. The third kappa shape index (κ3) is 2.23. The van der Waals surface area contributed by atoms with Gasteiger partial charge in [0.2, 0.25) is 0 Å². The summed E-state index contributed by atoms with van der Waals surface area (Å²) >= 11 is 7.52. The number of carboxylic acids is 1. The fourth-order valence-corrected chi connectivity index (χ4v) is 3.03. The van der Waals surface area contributed by atoms with Gasteiger partial charge in [0, 0.05) is 11.1 Å². The van der Waals surface area contributed by atoms with E-state index in [4.69, 9.17) is 11.6 Å². The predicted octanol–water partition coefficient (Wildman–Crippen LogP) is 2.48. The number of hydrogen-bond donors (Lipinski definition) is 2. The molecule has 7 heteroatoms. The van der Waals surface area contributed by atoms with Crippen molar-refractivity contribution in [2.45, 2.75) is 26.3 Å². The molecule has 2 rings (SSSR count). The minimum absolute atomic E-state index is 0.251. The van der Waals surface area contributed by atoms with Crippen LogP contribution in [0.25, 0.3) is 4.96 Å². The third-order valence-corrected chi connectivity index (χ3v) is 3.87. The first-order chi connectivity index (χ1) is 8.56. The molecule has 0 aliphatic carbocycles. The van der Waals surface area contributed by atoms with Crippen LogP contribution < -0.4 is 5.32 Å². The number of aryl methyl sites for hydroxylation is 1. The van der Waals surface area contributed by atoms with E-state index >= 15 is 0 Å². The van der Waals surface area contributed by atoms with E-state index in [1.807, 2.05) is 19.2 Å². The van der Waals surface area contributed by atoms with Crippen LogP contribution in [-0.2, 0) is 4.79 Å². The Morgan fingerprint density at radius 3 is 3.06 bits per heavy atom. The van der Waals surface area contributed by atoms with E-state index in [0.717, 1.165) is 17.1 Å². The summed E-state index contributed by atoms with van der Waals surface area (Å²) in [6.07, 6.45) is 0.853. The lowest BCUT2D eigenvalue weighted by Gasteiger charge is -2.14. The number of carboxylic acid groups (broad SMARTS) is 1. The van der Waals surface area contributed by atoms with Crippen LogP contribution in [0.4, 0.5) is 0 Å². The highest BCUT2D eigenvalue weighted by Gasteiger charge is 2.27. The molecule has 0 aromatic carbocycles. The van der Waals surface area contributed by atoms with E-state index in [1.165, 1.54) is 11.3 Å². The molecule has 0 fully saturated rings. The van der Waals surface area contributed by atoms with Gasteiger partial charge >= 0.3 is 5.97 Å². The van der Waals surface area contributed by atoms with Crippen LogP contribution in [0.15, 0.2) is 5.38 Å². The van der Waals surface area contributed by atoms with Crippen molar-refractivity contribution >= 4 is 33.9 Å². The molecular weight excluding hydrogens is 274 g/mol. The van der Waals surface area contributed by atoms with Gasteiger partial charge in [0.25, 0.3) is 0 Å². The molecule has 0 bridgehead atoms. The zero-order chi connectivity index (χ0) is 13.3. The predicted molar refractivity (Wildman–Crippen MR) is 71.5 cm³/mol. The molecule has 5 nitrogen and oxygen atoms in total. The standard InChI is InChI=1S/C11H14ClN3O2S/c1-3-4-13-7(10(16)17)8-9(12)14-11-15(8)6(2)5-18-11/h5,7,13H,3-4H2,1-2H3,(H,16,17). The number of carbonyl (C=O) groups is 1. The summed E-state index contributed by atoms with van der Waals surface area (Å²) in [6, 6.07) is -0.833. The van der Waals surface area contributed by atoms with Crippen molar-refractivity contribution in [3.05, 3.63) is 21.9 Å². The van der Waals surface area contributed by atoms with Crippen molar-refractivity contribution in [2.75, 3.05) is 6.54 Å². The lowest BCUT2D eigenvalue weighted by Crippen LogP contribution is -2.30. The van der Waals surface area contributed by atoms with Crippen LogP contribution in [0.3, 0.4) is 0 Å². The second-order valence-electron chi connectivity index (χ2n) is 4.01. The monoisotopic (exact) mass is 287 g/mol. The molecule has 0 saturated carbocycles. The van der Waals surface area contributed by atoms with Crippen molar-refractivity contribution in [3.63, 3.8) is 0 Å². The highest BCUT2D eigenvalue weighted by atomic mass is 35.5. The summed E-state index contributed by atoms with van der Waals surface area (Å²) in [5.41, 5.74) is 1.44. The number of nitrogens with one attached hydrogen (secondary N) is 1. The van der Waals surface area contributed by atoms with Gasteiger partial charge in [-0.25, -0.2) is 4.98 Å². The molecule has 0 aliphatic rings. The van der Waals surface area contributed by atoms with Gasteiger partial charge in [-0.05, 0) is 19.9 Å². The Bertz CT molecular complexity index is 578. The molecule has 1 atom stereocenters. The van der Waals surface area contributed by atoms with Crippen molar-refractivity contribution in [1.82, 2.24) is 14.7 Å². The SMILES string of the molecule is CCCNC(C(=O)O)c1c(Cl)nc2scc(C)n12. The Morgan fingerprint density at radius 1 is 1.72 bits per heavy atom. The highest BCUT2D eigenvalue weighted by molar-refractivity contribution is 7.15. The average molecular weight is 288 g/mol. The lowest BCUT2D eigenvalue weighted by atomic mass is 10.2. The summed E-state index contributed by atoms with van der Waals surface area (Å²) in [6.45, 7) is 4.50. The molecule has 98 valence electrons. The summed E-state index contributed by atoms with van der Waals surface area (Å²) in [5.74, 6) is -0.947. The second-order valence-corrected chi connectivity index (χ2v) is 5.20. The van der Waals surface area contributed by atoms with Gasteiger partial charge in [0.15, 0.2) is 10.1 Å². The largest absolute Gasteiger partial charge is 0.480 e. The van der Waals surface area contributed by atoms with E-state index in [0.29, 0.717) is 12.2 Å². The van der Waals surface area contributed by atoms with Gasteiger partial charge in [0.05, 0.1) is 5.69 Å². The van der Waals surface area contributed by atoms with Gasteiger partial charge in [-0.1, -0.05) is 18.5 Å². The molecule has 1 unspecified atom stereocenters. The Hall–Kier alpha value is -1.11. The second kappa shape index (κ2) is 5.26. The fourth-order valence-electron chi connectivity index (χ4n) is 1.83. The molecule has 0 aliphatic heterocycles. The maximum absolute atomic E-state index is 11.4. The van der Waals surface area contributed by atoms with Crippen molar-refractivity contribution < 1.29 is 9.90 Å². The van der Waals surface area contributed by atoms with Crippen molar-refractivity contribution in [1.29, 1.82) is 0 Å². The van der Waals surface area contributed by atoms with Crippen LogP contribution in [0.5, 0.6) is 0 Å². The minimum Gasteiger partial charge on any atom is -0.480 e. The van der Waals surface area contributed by atoms with Gasteiger partial charge in [-0.2, -0.15) is 0 Å². The molecule has 0 amide bonds. The molecule has 0 radical (unpaired) electrons. The molecule has 18 heavy (non-hydrogen) atoms. The van der Waals surface area contributed by atoms with E-state index in [2.05, 4.69) is 10.3 Å². The summed E-state index contributed by atoms with van der Waals surface area (Å²) in [5, 5.41) is 14.5. The zero-order valence-electron chi connectivity index (χ0n) is 10.1. The zero-order valence-corrected chi connectivity index (χ0v) is 11.7. The number of nitrogens with zero attached hydrogens (tertiary/aromatic N) is 2. The van der Waals surface area contributed by atoms with E-state index in [9.17, 15) is 9.90 Å². The summed E-state index contributed by atoms with van der Waals surface area (Å²) in [4.78, 5) is 16.3. The van der Waals surface area contributed by atoms with Gasteiger partial charge in [-0.15, -0.1) is 11.3 Å². The van der Waals surface area contributed by atoms with Crippen LogP contribution in [0, 0.1) is 6.92 Å². The van der Waals surface area contributed by atoms with Gasteiger partial charge in [-0.3, -0.25) is 14.5 Å². The molecule has 0 spiro atoms. The maximum Gasteiger partial charge on any atom is 0.327 e. The number of hydrogen-bond acceptors (Lipinski definition) is 4. The topological polar surface area (TPSA) is 66.6 Å². The number of aromatic nitrogens is 2. The third-order valence-electron chi connectivity index (χ3n) is 2.64. The summed E-state index contributed by atoms with van der Waals surface area (Å²) in [7, 11) is 0. The van der Waals surface area contributed by atoms with Gasteiger partial charge in [0.1, 0.15) is 6.04 Å². The number of rotatable bonds is 5. The minimum atomic E-state index is -0.947. The number of fused-ring (bicyclic) bond motifs is 1. The van der Waals surface area contributed by atoms with Crippen LogP contribution in [0.1, 0.15) is 30.8 Å². The van der Waals surface area contributed by atoms with E-state index in [1.54, 1.807) is 4.40 Å². The first-order valence-corrected chi connectivity index (χ1v) is 6.90.